The maximum atomic E-state index is 9.55. The fraction of sp³-hybridized carbons (Fsp3) is 0.640. The highest BCUT2D eigenvalue weighted by molar-refractivity contribution is 8.14. The summed E-state index contributed by atoms with van der Waals surface area (Å²) in [4.78, 5) is 11.2. The van der Waals surface area contributed by atoms with Gasteiger partial charge in [-0.1, -0.05) is 0 Å². The van der Waals surface area contributed by atoms with Gasteiger partial charge < -0.3 is 20.1 Å². The van der Waals surface area contributed by atoms with E-state index in [-0.39, 0.29) is 6.61 Å². The highest BCUT2D eigenvalue weighted by atomic mass is 32.2. The van der Waals surface area contributed by atoms with E-state index in [1.165, 1.54) is 28.6 Å². The fourth-order valence-electron chi connectivity index (χ4n) is 5.28. The number of aliphatic hydroxyl groups is 1. The van der Waals surface area contributed by atoms with Gasteiger partial charge in [0.25, 0.3) is 0 Å². The average Bonchev–Trinajstić information content (AvgIpc) is 3.55. The van der Waals surface area contributed by atoms with Gasteiger partial charge in [-0.15, -0.1) is 11.8 Å². The summed E-state index contributed by atoms with van der Waals surface area (Å²) >= 11 is 1.87. The maximum Gasteiger partial charge on any atom is 0.114 e. The Bertz CT molecular complexity index is 953. The van der Waals surface area contributed by atoms with Crippen LogP contribution in [-0.4, -0.2) is 77.3 Å². The van der Waals surface area contributed by atoms with Crippen molar-refractivity contribution >= 4 is 33.4 Å². The molecule has 3 aliphatic heterocycles. The molecule has 0 amide bonds. The van der Waals surface area contributed by atoms with Gasteiger partial charge in [0.15, 0.2) is 0 Å². The van der Waals surface area contributed by atoms with Crippen molar-refractivity contribution in [3.05, 3.63) is 29.5 Å². The molecule has 3 N–H and O–H groups in total. The van der Waals surface area contributed by atoms with Gasteiger partial charge in [0.05, 0.1) is 29.5 Å². The van der Waals surface area contributed by atoms with E-state index >= 15 is 0 Å². The number of likely N-dealkylation sites (tertiary alicyclic amines) is 1. The minimum absolute atomic E-state index is 0.285. The smallest absolute Gasteiger partial charge is 0.114 e. The number of ether oxygens (including phenoxy) is 1. The topological polar surface area (TPSA) is 72.9 Å². The first-order chi connectivity index (χ1) is 15.7. The second-order valence-corrected chi connectivity index (χ2v) is 10.6. The van der Waals surface area contributed by atoms with Gasteiger partial charge >= 0.3 is 0 Å². The SMILES string of the molecule is Cc1cc(NCC2CCOCC2)c2[nH]c(C3=NC(CCN4CCCC4CO)CS3)cc2c1. The number of thioether (sulfide) groups is 1. The van der Waals surface area contributed by atoms with E-state index in [2.05, 4.69) is 40.3 Å². The van der Waals surface area contributed by atoms with Gasteiger partial charge in [-0.2, -0.15) is 0 Å². The lowest BCUT2D eigenvalue weighted by Crippen LogP contribution is -2.34. The van der Waals surface area contributed by atoms with E-state index in [9.17, 15) is 5.11 Å². The van der Waals surface area contributed by atoms with Crippen LogP contribution < -0.4 is 5.32 Å². The molecule has 174 valence electrons. The van der Waals surface area contributed by atoms with E-state index in [0.29, 0.717) is 18.0 Å². The third-order valence-electron chi connectivity index (χ3n) is 7.20. The number of aromatic amines is 1. The maximum absolute atomic E-state index is 9.55. The molecule has 2 aromatic rings. The number of anilines is 1. The standard InChI is InChI=1S/C25H36N4O2S/c1-17-11-19-13-23(28-24(19)22(12-17)26-14-18-5-9-31-10-6-18)25-27-20(16-32-25)4-8-29-7-2-3-21(29)15-30/h11-13,18,20-21,26,28,30H,2-10,14-16H2,1H3. The van der Waals surface area contributed by atoms with Crippen LogP contribution in [0.5, 0.6) is 0 Å². The largest absolute Gasteiger partial charge is 0.395 e. The van der Waals surface area contributed by atoms with Crippen molar-refractivity contribution in [1.29, 1.82) is 0 Å². The van der Waals surface area contributed by atoms with Gasteiger partial charge in [0.2, 0.25) is 0 Å². The first-order valence-electron chi connectivity index (χ1n) is 12.2. The van der Waals surface area contributed by atoms with Crippen LogP contribution in [0.25, 0.3) is 10.9 Å². The number of benzene rings is 1. The van der Waals surface area contributed by atoms with Gasteiger partial charge in [0.1, 0.15) is 5.04 Å². The zero-order chi connectivity index (χ0) is 21.9. The van der Waals surface area contributed by atoms with Gasteiger partial charge in [-0.25, -0.2) is 0 Å². The van der Waals surface area contributed by atoms with Crippen LogP contribution in [0, 0.1) is 12.8 Å². The normalized spacial score (nSPS) is 25.0. The first-order valence-corrected chi connectivity index (χ1v) is 13.2. The molecule has 2 atom stereocenters. The number of nitrogens with zero attached hydrogens (tertiary/aromatic N) is 2. The van der Waals surface area contributed by atoms with Crippen LogP contribution in [0.2, 0.25) is 0 Å². The third-order valence-corrected chi connectivity index (χ3v) is 8.35. The number of hydrogen-bond acceptors (Lipinski definition) is 6. The molecule has 0 spiro atoms. The molecule has 0 saturated carbocycles. The van der Waals surface area contributed by atoms with Gasteiger partial charge in [-0.3, -0.25) is 9.89 Å². The van der Waals surface area contributed by atoms with Gasteiger partial charge in [-0.05, 0) is 75.3 Å². The summed E-state index contributed by atoms with van der Waals surface area (Å²) in [7, 11) is 0. The summed E-state index contributed by atoms with van der Waals surface area (Å²) in [6.45, 7) is 7.39. The predicted molar refractivity (Wildman–Crippen MR) is 134 cm³/mol. The number of fused-ring (bicyclic) bond motifs is 1. The quantitative estimate of drug-likeness (QED) is 0.560. The molecule has 4 heterocycles. The number of aliphatic imine (C=N–C) groups is 1. The zero-order valence-electron chi connectivity index (χ0n) is 19.1. The number of aryl methyl sites for hydroxylation is 1. The number of hydrogen-bond donors (Lipinski definition) is 3. The minimum atomic E-state index is 0.285. The molecular formula is C25H36N4O2S. The summed E-state index contributed by atoms with van der Waals surface area (Å²) < 4.78 is 5.50. The highest BCUT2D eigenvalue weighted by Gasteiger charge is 2.26. The molecule has 2 unspecified atom stereocenters. The molecule has 0 bridgehead atoms. The Morgan fingerprint density at radius 3 is 2.97 bits per heavy atom. The van der Waals surface area contributed by atoms with E-state index in [4.69, 9.17) is 9.73 Å². The summed E-state index contributed by atoms with van der Waals surface area (Å²) in [6.07, 6.45) is 5.69. The molecular weight excluding hydrogens is 420 g/mol. The molecule has 7 heteroatoms. The minimum Gasteiger partial charge on any atom is -0.395 e. The first kappa shape index (κ1) is 22.3. The summed E-state index contributed by atoms with van der Waals surface area (Å²) in [5, 5.41) is 15.7. The van der Waals surface area contributed by atoms with Crippen LogP contribution in [0.3, 0.4) is 0 Å². The van der Waals surface area contributed by atoms with Crippen molar-refractivity contribution in [2.75, 3.05) is 50.5 Å². The van der Waals surface area contributed by atoms with E-state index < -0.39 is 0 Å². The highest BCUT2D eigenvalue weighted by Crippen LogP contribution is 2.31. The van der Waals surface area contributed by atoms with E-state index in [0.717, 1.165) is 75.0 Å². The van der Waals surface area contributed by atoms with Crippen LogP contribution in [-0.2, 0) is 4.74 Å². The zero-order valence-corrected chi connectivity index (χ0v) is 19.9. The van der Waals surface area contributed by atoms with Crippen LogP contribution in [0.15, 0.2) is 23.2 Å². The molecule has 6 nitrogen and oxygen atoms in total. The van der Waals surface area contributed by atoms with Crippen molar-refractivity contribution in [1.82, 2.24) is 9.88 Å². The molecule has 0 radical (unpaired) electrons. The van der Waals surface area contributed by atoms with Crippen molar-refractivity contribution in [2.45, 2.75) is 51.1 Å². The summed E-state index contributed by atoms with van der Waals surface area (Å²) in [5.41, 5.74) is 4.80. The lowest BCUT2D eigenvalue weighted by Gasteiger charge is -2.23. The Hall–Kier alpha value is -1.54. The van der Waals surface area contributed by atoms with Crippen LogP contribution >= 0.6 is 11.8 Å². The summed E-state index contributed by atoms with van der Waals surface area (Å²) in [5.74, 6) is 1.74. The predicted octanol–water partition coefficient (Wildman–Crippen LogP) is 4.02. The van der Waals surface area contributed by atoms with Gasteiger partial charge in [0, 0.05) is 43.5 Å². The Kier molecular flexibility index (Phi) is 7.07. The second kappa shape index (κ2) is 10.2. The van der Waals surface area contributed by atoms with Crippen molar-refractivity contribution in [3.8, 4) is 0 Å². The fourth-order valence-corrected chi connectivity index (χ4v) is 6.36. The number of aliphatic hydroxyl groups excluding tert-OH is 1. The molecule has 0 aliphatic carbocycles. The summed E-state index contributed by atoms with van der Waals surface area (Å²) in [6, 6.07) is 7.50. The molecule has 5 rings (SSSR count). The second-order valence-electron chi connectivity index (χ2n) is 9.60. The number of H-pyrrole nitrogens is 1. The van der Waals surface area contributed by atoms with E-state index in [1.807, 2.05) is 11.8 Å². The lowest BCUT2D eigenvalue weighted by molar-refractivity contribution is 0.0699. The Morgan fingerprint density at radius 2 is 2.12 bits per heavy atom. The molecule has 2 fully saturated rings. The monoisotopic (exact) mass is 456 g/mol. The van der Waals surface area contributed by atoms with Crippen LogP contribution in [0.1, 0.15) is 43.4 Å². The Balaban J connectivity index is 1.26. The molecule has 3 aliphatic rings. The molecule has 1 aromatic carbocycles. The van der Waals surface area contributed by atoms with Crippen molar-refractivity contribution in [3.63, 3.8) is 0 Å². The van der Waals surface area contributed by atoms with Crippen molar-refractivity contribution < 1.29 is 9.84 Å². The third kappa shape index (κ3) is 5.01. The number of rotatable bonds is 8. The molecule has 2 saturated heterocycles. The molecule has 32 heavy (non-hydrogen) atoms. The number of nitrogens with one attached hydrogen (secondary N) is 2. The van der Waals surface area contributed by atoms with E-state index in [1.54, 1.807) is 0 Å². The Morgan fingerprint density at radius 1 is 1.25 bits per heavy atom. The lowest BCUT2D eigenvalue weighted by atomic mass is 10.0. The van der Waals surface area contributed by atoms with Crippen LogP contribution in [0.4, 0.5) is 5.69 Å². The van der Waals surface area contributed by atoms with Crippen molar-refractivity contribution in [2.24, 2.45) is 10.9 Å². The molecule has 1 aromatic heterocycles. The average molecular weight is 457 g/mol. The number of aromatic nitrogens is 1. The Labute approximate surface area is 195 Å².